The van der Waals surface area contributed by atoms with Gasteiger partial charge in [-0.3, -0.25) is 4.79 Å². The molecule has 1 heterocycles. The predicted octanol–water partition coefficient (Wildman–Crippen LogP) is 4.34. The fourth-order valence-electron chi connectivity index (χ4n) is 2.08. The van der Waals surface area contributed by atoms with E-state index in [1.54, 1.807) is 0 Å². The number of carbonyl (C=O) groups is 1. The highest BCUT2D eigenvalue weighted by Crippen LogP contribution is 2.45. The number of allylic oxidation sites excluding steroid dienone is 2. The maximum absolute atomic E-state index is 12.2. The van der Waals surface area contributed by atoms with Crippen LogP contribution in [-0.2, 0) is 0 Å². The van der Waals surface area contributed by atoms with E-state index in [1.165, 1.54) is 4.90 Å². The summed E-state index contributed by atoms with van der Waals surface area (Å²) in [6.45, 7) is 0. The van der Waals surface area contributed by atoms with Gasteiger partial charge in [-0.1, -0.05) is 42.5 Å². The molecule has 0 bridgehead atoms. The molecule has 1 amide bonds. The maximum atomic E-state index is 12.2. The average molecular weight is 281 g/mol. The van der Waals surface area contributed by atoms with Crippen molar-refractivity contribution in [3.05, 3.63) is 83.1 Å². The molecule has 0 saturated carbocycles. The second-order valence-corrected chi connectivity index (χ2v) is 6.32. The third-order valence-electron chi connectivity index (χ3n) is 3.07. The molecule has 20 heavy (non-hydrogen) atoms. The van der Waals surface area contributed by atoms with Gasteiger partial charge >= 0.3 is 0 Å². The van der Waals surface area contributed by atoms with Crippen molar-refractivity contribution in [1.82, 2.24) is 0 Å². The van der Waals surface area contributed by atoms with E-state index >= 15 is 0 Å². The molecular formula is C17H15NOS. The number of benzene rings is 2. The largest absolute Gasteiger partial charge is 0.321 e. The van der Waals surface area contributed by atoms with Crippen LogP contribution in [0.5, 0.6) is 0 Å². The molecule has 1 N–H and O–H groups in total. The molecule has 100 valence electrons. The number of amides is 1. The molecule has 2 aromatic carbocycles. The lowest BCUT2D eigenvalue weighted by Gasteiger charge is -2.16. The Balaban J connectivity index is 1.86. The molecule has 2 aromatic rings. The first kappa shape index (κ1) is 12.8. The summed E-state index contributed by atoms with van der Waals surface area (Å²) >= 11 is 0. The second kappa shape index (κ2) is 5.80. The number of anilines is 1. The normalized spacial score (nSPS) is 14.5. The lowest BCUT2D eigenvalue weighted by atomic mass is 10.2. The summed E-state index contributed by atoms with van der Waals surface area (Å²) in [6.07, 6.45) is 4.11. The third kappa shape index (κ3) is 2.68. The minimum atomic E-state index is -0.436. The van der Waals surface area contributed by atoms with Gasteiger partial charge in [-0.25, -0.2) is 0 Å². The fraction of sp³-hybridized carbons (Fsp3) is 0. The smallest absolute Gasteiger partial charge is 0.255 e. The van der Waals surface area contributed by atoms with Crippen LogP contribution in [0.4, 0.5) is 5.69 Å². The van der Waals surface area contributed by atoms with Gasteiger partial charge in [0.15, 0.2) is 0 Å². The van der Waals surface area contributed by atoms with Crippen LogP contribution in [0.15, 0.2) is 82.5 Å². The van der Waals surface area contributed by atoms with Crippen LogP contribution < -0.4 is 5.32 Å². The van der Waals surface area contributed by atoms with E-state index in [2.05, 4.69) is 34.4 Å². The molecule has 1 aliphatic heterocycles. The monoisotopic (exact) mass is 281 g/mol. The van der Waals surface area contributed by atoms with Crippen molar-refractivity contribution in [2.75, 3.05) is 5.32 Å². The van der Waals surface area contributed by atoms with Crippen LogP contribution in [0.1, 0.15) is 10.4 Å². The molecule has 0 aromatic heterocycles. The second-order valence-electron chi connectivity index (χ2n) is 4.43. The predicted molar refractivity (Wildman–Crippen MR) is 86.4 cm³/mol. The number of hydrogen-bond donors (Lipinski definition) is 2. The zero-order chi connectivity index (χ0) is 13.8. The molecule has 0 saturated heterocycles. The summed E-state index contributed by atoms with van der Waals surface area (Å²) in [5.74, 6) is -0.0693. The molecule has 1 aliphatic rings. The fourth-order valence-corrected chi connectivity index (χ4v) is 3.74. The third-order valence-corrected chi connectivity index (χ3v) is 5.00. The van der Waals surface area contributed by atoms with Crippen molar-refractivity contribution in [3.8, 4) is 0 Å². The SMILES string of the molecule is O=C(Nc1ccccc1[SH]1C=CC=C1)c1ccccc1. The van der Waals surface area contributed by atoms with Gasteiger partial charge < -0.3 is 5.32 Å². The van der Waals surface area contributed by atoms with E-state index < -0.39 is 10.9 Å². The standard InChI is InChI=1S/C17H15NOS/c19-17(14-8-2-1-3-9-14)18-15-10-4-5-11-16(15)20-12-6-7-13-20/h1-13,20H,(H,18,19). The van der Waals surface area contributed by atoms with E-state index in [9.17, 15) is 4.79 Å². The van der Waals surface area contributed by atoms with Crippen molar-refractivity contribution in [2.24, 2.45) is 0 Å². The highest BCUT2D eigenvalue weighted by Gasteiger charge is 2.11. The number of nitrogens with one attached hydrogen (secondary N) is 1. The van der Waals surface area contributed by atoms with Crippen molar-refractivity contribution in [3.63, 3.8) is 0 Å². The van der Waals surface area contributed by atoms with Gasteiger partial charge in [0.2, 0.25) is 0 Å². The first-order valence-corrected chi connectivity index (χ1v) is 7.91. The summed E-state index contributed by atoms with van der Waals surface area (Å²) in [6, 6.07) is 17.3. The molecule has 3 heteroatoms. The summed E-state index contributed by atoms with van der Waals surface area (Å²) in [7, 11) is -0.436. The van der Waals surface area contributed by atoms with Crippen molar-refractivity contribution < 1.29 is 4.79 Å². The minimum Gasteiger partial charge on any atom is -0.321 e. The van der Waals surface area contributed by atoms with Gasteiger partial charge in [0.25, 0.3) is 5.91 Å². The van der Waals surface area contributed by atoms with Crippen LogP contribution in [0, 0.1) is 0 Å². The Morgan fingerprint density at radius 1 is 0.850 bits per heavy atom. The molecule has 0 spiro atoms. The number of carbonyl (C=O) groups excluding carboxylic acids is 1. The Labute approximate surface area is 121 Å². The van der Waals surface area contributed by atoms with E-state index in [-0.39, 0.29) is 5.91 Å². The van der Waals surface area contributed by atoms with Crippen molar-refractivity contribution >= 4 is 22.5 Å². The Morgan fingerprint density at radius 3 is 2.25 bits per heavy atom. The molecule has 0 unspecified atom stereocenters. The summed E-state index contributed by atoms with van der Waals surface area (Å²) in [4.78, 5) is 13.4. The lowest BCUT2D eigenvalue weighted by Crippen LogP contribution is -2.12. The van der Waals surface area contributed by atoms with Crippen LogP contribution in [0.2, 0.25) is 0 Å². The van der Waals surface area contributed by atoms with E-state index in [4.69, 9.17) is 0 Å². The van der Waals surface area contributed by atoms with Gasteiger partial charge in [0.1, 0.15) is 0 Å². The molecule has 0 radical (unpaired) electrons. The van der Waals surface area contributed by atoms with Gasteiger partial charge in [0, 0.05) is 10.5 Å². The van der Waals surface area contributed by atoms with E-state index in [0.29, 0.717) is 5.56 Å². The number of para-hydroxylation sites is 1. The lowest BCUT2D eigenvalue weighted by molar-refractivity contribution is 0.102. The molecule has 3 rings (SSSR count). The van der Waals surface area contributed by atoms with Gasteiger partial charge in [-0.2, -0.15) is 10.9 Å². The van der Waals surface area contributed by atoms with Gasteiger partial charge in [-0.15, -0.1) is 0 Å². The maximum Gasteiger partial charge on any atom is 0.255 e. The molecular weight excluding hydrogens is 266 g/mol. The Hall–Kier alpha value is -2.26. The number of thiol groups is 1. The number of hydrogen-bond acceptors (Lipinski definition) is 1. The molecule has 0 fully saturated rings. The Bertz CT molecular complexity index is 664. The Kier molecular flexibility index (Phi) is 3.70. The molecule has 0 atom stereocenters. The Morgan fingerprint density at radius 2 is 1.50 bits per heavy atom. The highest BCUT2D eigenvalue weighted by molar-refractivity contribution is 8.22. The van der Waals surface area contributed by atoms with Crippen LogP contribution in [-0.4, -0.2) is 5.91 Å². The van der Waals surface area contributed by atoms with E-state index in [0.717, 1.165) is 5.69 Å². The zero-order valence-electron chi connectivity index (χ0n) is 10.9. The van der Waals surface area contributed by atoms with Crippen LogP contribution in [0.3, 0.4) is 0 Å². The first-order chi connectivity index (χ1) is 9.84. The van der Waals surface area contributed by atoms with Crippen LogP contribution >= 0.6 is 10.9 Å². The summed E-state index contributed by atoms with van der Waals surface area (Å²) in [5, 5.41) is 7.38. The van der Waals surface area contributed by atoms with Crippen molar-refractivity contribution in [1.29, 1.82) is 0 Å². The molecule has 0 aliphatic carbocycles. The summed E-state index contributed by atoms with van der Waals surface area (Å²) in [5.41, 5.74) is 1.57. The molecule has 2 nitrogen and oxygen atoms in total. The average Bonchev–Trinajstić information content (AvgIpc) is 3.03. The minimum absolute atomic E-state index is 0.0693. The quantitative estimate of drug-likeness (QED) is 0.805. The highest BCUT2D eigenvalue weighted by atomic mass is 32.2. The summed E-state index contributed by atoms with van der Waals surface area (Å²) < 4.78 is 0. The van der Waals surface area contributed by atoms with Gasteiger partial charge in [0.05, 0.1) is 5.69 Å². The van der Waals surface area contributed by atoms with Crippen molar-refractivity contribution in [2.45, 2.75) is 4.90 Å². The topological polar surface area (TPSA) is 29.1 Å². The number of rotatable bonds is 3. The van der Waals surface area contributed by atoms with E-state index in [1.807, 2.05) is 48.5 Å². The van der Waals surface area contributed by atoms with Crippen LogP contribution in [0.25, 0.3) is 0 Å². The first-order valence-electron chi connectivity index (χ1n) is 6.43. The zero-order valence-corrected chi connectivity index (χ0v) is 11.8. The van der Waals surface area contributed by atoms with Gasteiger partial charge in [-0.05, 0) is 35.1 Å².